The number of urea groups is 1. The molecule has 1 saturated carbocycles. The van der Waals surface area contributed by atoms with Crippen LogP contribution in [0.1, 0.15) is 38.2 Å². The molecule has 2 aliphatic rings. The minimum atomic E-state index is -2.13. The predicted octanol–water partition coefficient (Wildman–Crippen LogP) is 3.58. The van der Waals surface area contributed by atoms with Crippen molar-refractivity contribution in [1.29, 1.82) is 0 Å². The van der Waals surface area contributed by atoms with E-state index in [1.165, 1.54) is 0 Å². The number of aliphatic hydroxyl groups is 1. The highest BCUT2D eigenvalue weighted by Gasteiger charge is 2.52. The number of carbonyl (C=O) groups is 2. The Morgan fingerprint density at radius 3 is 2.54 bits per heavy atom. The third-order valence-corrected chi connectivity index (χ3v) is 5.83. The van der Waals surface area contributed by atoms with E-state index in [2.05, 4.69) is 17.6 Å². The molecular weight excluding hydrogens is 354 g/mol. The maximum absolute atomic E-state index is 13.4. The SMILES string of the molecule is C[C@@H]1CCCC[C@H]1NC(=O)[C@]1(O)c2ccccc2NC(=O)N1c1ccccc1. The smallest absolute Gasteiger partial charge is 0.329 e. The molecule has 0 unspecified atom stereocenters. The highest BCUT2D eigenvalue weighted by atomic mass is 16.3. The van der Waals surface area contributed by atoms with Gasteiger partial charge in [0.05, 0.1) is 5.69 Å². The van der Waals surface area contributed by atoms with E-state index in [1.54, 1.807) is 48.5 Å². The molecule has 3 N–H and O–H groups in total. The molecule has 6 heteroatoms. The van der Waals surface area contributed by atoms with Crippen LogP contribution in [0.25, 0.3) is 0 Å². The average molecular weight is 379 g/mol. The molecule has 146 valence electrons. The second kappa shape index (κ2) is 7.28. The van der Waals surface area contributed by atoms with Crippen molar-refractivity contribution >= 4 is 23.3 Å². The Balaban J connectivity index is 1.78. The molecule has 1 heterocycles. The summed E-state index contributed by atoms with van der Waals surface area (Å²) in [6.45, 7) is 2.12. The van der Waals surface area contributed by atoms with E-state index in [1.807, 2.05) is 6.07 Å². The summed E-state index contributed by atoms with van der Waals surface area (Å²) in [4.78, 5) is 27.5. The quantitative estimate of drug-likeness (QED) is 0.762. The maximum atomic E-state index is 13.4. The zero-order chi connectivity index (χ0) is 19.7. The van der Waals surface area contributed by atoms with Crippen LogP contribution in [0.2, 0.25) is 0 Å². The topological polar surface area (TPSA) is 81.7 Å². The molecule has 0 saturated heterocycles. The molecule has 3 amide bonds. The van der Waals surface area contributed by atoms with Gasteiger partial charge >= 0.3 is 6.03 Å². The first-order chi connectivity index (χ1) is 13.5. The van der Waals surface area contributed by atoms with Gasteiger partial charge in [0.2, 0.25) is 0 Å². The Labute approximate surface area is 164 Å². The third-order valence-electron chi connectivity index (χ3n) is 5.83. The normalized spacial score (nSPS) is 26.9. The van der Waals surface area contributed by atoms with Crippen molar-refractivity contribution in [2.75, 3.05) is 10.2 Å². The molecule has 1 fully saturated rings. The Kier molecular flexibility index (Phi) is 4.81. The summed E-state index contributed by atoms with van der Waals surface area (Å²) in [5.74, 6) is -0.239. The third kappa shape index (κ3) is 3.03. The fourth-order valence-corrected chi connectivity index (χ4v) is 4.24. The first-order valence-electron chi connectivity index (χ1n) is 9.81. The van der Waals surface area contributed by atoms with Crippen molar-refractivity contribution in [2.45, 2.75) is 44.4 Å². The highest BCUT2D eigenvalue weighted by Crippen LogP contribution is 2.40. The van der Waals surface area contributed by atoms with Crippen LogP contribution in [0.5, 0.6) is 0 Å². The molecule has 2 aromatic carbocycles. The molecule has 6 nitrogen and oxygen atoms in total. The molecule has 0 bridgehead atoms. The van der Waals surface area contributed by atoms with E-state index in [0.717, 1.165) is 30.6 Å². The molecule has 1 aliphatic carbocycles. The number of carbonyl (C=O) groups excluding carboxylic acids is 2. The van der Waals surface area contributed by atoms with Crippen LogP contribution in [0.15, 0.2) is 54.6 Å². The number of anilines is 2. The van der Waals surface area contributed by atoms with Crippen LogP contribution in [-0.2, 0) is 10.5 Å². The van der Waals surface area contributed by atoms with Gasteiger partial charge in [-0.2, -0.15) is 0 Å². The highest BCUT2D eigenvalue weighted by molar-refractivity contribution is 6.11. The van der Waals surface area contributed by atoms with Gasteiger partial charge in [-0.25, -0.2) is 4.79 Å². The predicted molar refractivity (Wildman–Crippen MR) is 108 cm³/mol. The number of nitrogens with one attached hydrogen (secondary N) is 2. The van der Waals surface area contributed by atoms with Crippen molar-refractivity contribution in [3.8, 4) is 0 Å². The molecule has 28 heavy (non-hydrogen) atoms. The average Bonchev–Trinajstić information content (AvgIpc) is 2.70. The molecule has 0 radical (unpaired) electrons. The van der Waals surface area contributed by atoms with Crippen molar-refractivity contribution in [1.82, 2.24) is 5.32 Å². The van der Waals surface area contributed by atoms with E-state index < -0.39 is 17.7 Å². The van der Waals surface area contributed by atoms with Gasteiger partial charge < -0.3 is 15.7 Å². The van der Waals surface area contributed by atoms with Gasteiger partial charge in [-0.1, -0.05) is 56.2 Å². The van der Waals surface area contributed by atoms with E-state index in [4.69, 9.17) is 0 Å². The minimum Gasteiger partial charge on any atom is -0.359 e. The van der Waals surface area contributed by atoms with Gasteiger partial charge in [-0.15, -0.1) is 0 Å². The number of fused-ring (bicyclic) bond motifs is 1. The summed E-state index contributed by atoms with van der Waals surface area (Å²) < 4.78 is 0. The molecule has 4 rings (SSSR count). The lowest BCUT2D eigenvalue weighted by atomic mass is 9.85. The summed E-state index contributed by atoms with van der Waals surface area (Å²) in [7, 11) is 0. The molecule has 0 aromatic heterocycles. The fraction of sp³-hybridized carbons (Fsp3) is 0.364. The monoisotopic (exact) mass is 379 g/mol. The number of hydrogen-bond donors (Lipinski definition) is 3. The van der Waals surface area contributed by atoms with Crippen molar-refractivity contribution < 1.29 is 14.7 Å². The Hall–Kier alpha value is -2.86. The Bertz CT molecular complexity index is 886. The second-order valence-electron chi connectivity index (χ2n) is 7.66. The number of benzene rings is 2. The minimum absolute atomic E-state index is 0.0138. The van der Waals surface area contributed by atoms with Gasteiger partial charge in [0.1, 0.15) is 0 Å². The fourth-order valence-electron chi connectivity index (χ4n) is 4.24. The summed E-state index contributed by atoms with van der Waals surface area (Å²) >= 11 is 0. The van der Waals surface area contributed by atoms with Gasteiger partial charge in [0.15, 0.2) is 0 Å². The molecule has 1 aliphatic heterocycles. The summed E-state index contributed by atoms with van der Waals surface area (Å²) in [6.07, 6.45) is 4.12. The molecular formula is C22H25N3O3. The van der Waals surface area contributed by atoms with Crippen LogP contribution in [-0.4, -0.2) is 23.1 Å². The van der Waals surface area contributed by atoms with Gasteiger partial charge in [0.25, 0.3) is 11.6 Å². The van der Waals surface area contributed by atoms with Crippen molar-refractivity contribution in [3.63, 3.8) is 0 Å². The molecule has 2 aromatic rings. The van der Waals surface area contributed by atoms with Gasteiger partial charge in [-0.3, -0.25) is 9.69 Å². The number of nitrogens with zero attached hydrogens (tertiary/aromatic N) is 1. The summed E-state index contributed by atoms with van der Waals surface area (Å²) in [5, 5.41) is 17.6. The van der Waals surface area contributed by atoms with Crippen molar-refractivity contribution in [2.24, 2.45) is 5.92 Å². The van der Waals surface area contributed by atoms with Crippen LogP contribution in [0.4, 0.5) is 16.2 Å². The van der Waals surface area contributed by atoms with E-state index >= 15 is 0 Å². The number of para-hydroxylation sites is 2. The number of hydrogen-bond acceptors (Lipinski definition) is 3. The van der Waals surface area contributed by atoms with Crippen LogP contribution >= 0.6 is 0 Å². The maximum Gasteiger partial charge on any atom is 0.329 e. The summed E-state index contributed by atoms with van der Waals surface area (Å²) in [5.41, 5.74) is -0.880. The Morgan fingerprint density at radius 2 is 1.79 bits per heavy atom. The lowest BCUT2D eigenvalue weighted by Crippen LogP contribution is -2.64. The number of rotatable bonds is 3. The van der Waals surface area contributed by atoms with Gasteiger partial charge in [0, 0.05) is 17.3 Å². The standard InChI is InChI=1S/C22H25N3O3/c1-15-9-5-7-13-18(15)23-20(26)22(28)17-12-6-8-14-19(17)24-21(27)25(22)16-10-3-2-4-11-16/h2-4,6,8,10-12,14-15,18,28H,5,7,9,13H2,1H3,(H,23,26)(H,24,27)/t15-,18-,22-/m1/s1. The van der Waals surface area contributed by atoms with E-state index in [0.29, 0.717) is 22.9 Å². The van der Waals surface area contributed by atoms with Crippen LogP contribution < -0.4 is 15.5 Å². The zero-order valence-electron chi connectivity index (χ0n) is 15.9. The zero-order valence-corrected chi connectivity index (χ0v) is 15.9. The lowest BCUT2D eigenvalue weighted by molar-refractivity contribution is -0.141. The van der Waals surface area contributed by atoms with Crippen molar-refractivity contribution in [3.05, 3.63) is 60.2 Å². The van der Waals surface area contributed by atoms with E-state index in [-0.39, 0.29) is 6.04 Å². The number of amides is 3. The first kappa shape index (κ1) is 18.5. The first-order valence-corrected chi connectivity index (χ1v) is 9.81. The lowest BCUT2D eigenvalue weighted by Gasteiger charge is -2.43. The molecule has 0 spiro atoms. The largest absolute Gasteiger partial charge is 0.359 e. The second-order valence-corrected chi connectivity index (χ2v) is 7.66. The van der Waals surface area contributed by atoms with Crippen LogP contribution in [0, 0.1) is 5.92 Å². The summed E-state index contributed by atoms with van der Waals surface area (Å²) in [6, 6.07) is 15.1. The van der Waals surface area contributed by atoms with Gasteiger partial charge in [-0.05, 0) is 37.0 Å². The Morgan fingerprint density at radius 1 is 1.11 bits per heavy atom. The van der Waals surface area contributed by atoms with Crippen LogP contribution in [0.3, 0.4) is 0 Å². The van der Waals surface area contributed by atoms with E-state index in [9.17, 15) is 14.7 Å². The molecule has 3 atom stereocenters.